The summed E-state index contributed by atoms with van der Waals surface area (Å²) in [7, 11) is 0. The van der Waals surface area contributed by atoms with Gasteiger partial charge in [0.15, 0.2) is 0 Å². The van der Waals surface area contributed by atoms with Crippen LogP contribution in [0.15, 0.2) is 0 Å². The Labute approximate surface area is 144 Å². The summed E-state index contributed by atoms with van der Waals surface area (Å²) < 4.78 is 0. The molecule has 0 bridgehead atoms. The smallest absolute Gasteiger partial charge is 0.228 e. The third kappa shape index (κ3) is 3.45. The molecule has 2 aliphatic heterocycles. The molecule has 6 nitrogen and oxygen atoms in total. The maximum Gasteiger partial charge on any atom is 0.228 e. The first-order chi connectivity index (χ1) is 11.5. The summed E-state index contributed by atoms with van der Waals surface area (Å²) in [6.07, 6.45) is 5.93. The molecule has 0 aromatic heterocycles. The molecule has 0 aromatic carbocycles. The van der Waals surface area contributed by atoms with Gasteiger partial charge in [-0.2, -0.15) is 0 Å². The summed E-state index contributed by atoms with van der Waals surface area (Å²) in [4.78, 5) is 28.9. The van der Waals surface area contributed by atoms with Gasteiger partial charge < -0.3 is 15.3 Å². The highest BCUT2D eigenvalue weighted by atomic mass is 16.3. The van der Waals surface area contributed by atoms with Crippen molar-refractivity contribution in [1.29, 1.82) is 0 Å². The van der Waals surface area contributed by atoms with E-state index in [1.807, 2.05) is 11.8 Å². The van der Waals surface area contributed by atoms with E-state index in [9.17, 15) is 14.7 Å². The number of β-lactam (4-membered cyclic amide) rings is 1. The number of amides is 2. The molecule has 3 aliphatic rings. The summed E-state index contributed by atoms with van der Waals surface area (Å²) in [5, 5.41) is 12.5. The van der Waals surface area contributed by atoms with Crippen molar-refractivity contribution in [3.8, 4) is 0 Å². The molecule has 4 atom stereocenters. The van der Waals surface area contributed by atoms with Gasteiger partial charge in [0.25, 0.3) is 0 Å². The number of carbonyl (C=O) groups is 2. The lowest BCUT2D eigenvalue weighted by Gasteiger charge is -2.45. The van der Waals surface area contributed by atoms with E-state index in [1.165, 1.54) is 32.1 Å². The molecule has 2 heterocycles. The number of aliphatic hydroxyl groups excluding tert-OH is 1. The Hall–Kier alpha value is -1.14. The van der Waals surface area contributed by atoms with Crippen LogP contribution in [-0.2, 0) is 9.59 Å². The molecule has 6 heteroatoms. The van der Waals surface area contributed by atoms with Gasteiger partial charge in [-0.1, -0.05) is 26.2 Å². The first-order valence-electron chi connectivity index (χ1n) is 9.50. The van der Waals surface area contributed by atoms with Crippen LogP contribution in [-0.4, -0.2) is 71.1 Å². The molecular weight excluding hydrogens is 306 g/mol. The minimum atomic E-state index is -0.706. The third-order valence-corrected chi connectivity index (χ3v) is 6.16. The largest absolute Gasteiger partial charge is 0.393 e. The number of hydrogen-bond donors (Lipinski definition) is 2. The van der Waals surface area contributed by atoms with E-state index < -0.39 is 12.0 Å². The number of aliphatic hydroxyl groups is 1. The van der Waals surface area contributed by atoms with Crippen LogP contribution in [0.4, 0.5) is 0 Å². The molecule has 1 aliphatic carbocycles. The summed E-state index contributed by atoms with van der Waals surface area (Å²) in [6.45, 7) is 6.96. The highest BCUT2D eigenvalue weighted by Crippen LogP contribution is 2.28. The first kappa shape index (κ1) is 17.7. The second-order valence-electron chi connectivity index (χ2n) is 7.74. The Kier molecular flexibility index (Phi) is 5.45. The van der Waals surface area contributed by atoms with Crippen LogP contribution in [0.2, 0.25) is 0 Å². The van der Waals surface area contributed by atoms with Gasteiger partial charge in [-0.05, 0) is 19.8 Å². The van der Waals surface area contributed by atoms with Gasteiger partial charge in [-0.25, -0.2) is 0 Å². The van der Waals surface area contributed by atoms with Gasteiger partial charge in [0, 0.05) is 32.2 Å². The summed E-state index contributed by atoms with van der Waals surface area (Å²) in [5.41, 5.74) is 0. The van der Waals surface area contributed by atoms with Gasteiger partial charge in [0.2, 0.25) is 11.8 Å². The van der Waals surface area contributed by atoms with E-state index in [-0.39, 0.29) is 23.8 Å². The molecule has 3 fully saturated rings. The third-order valence-electron chi connectivity index (χ3n) is 6.16. The maximum atomic E-state index is 12.8. The molecule has 0 spiro atoms. The van der Waals surface area contributed by atoms with Crippen molar-refractivity contribution in [2.45, 2.75) is 64.1 Å². The van der Waals surface area contributed by atoms with E-state index in [4.69, 9.17) is 0 Å². The zero-order valence-electron chi connectivity index (χ0n) is 14.9. The molecule has 2 N–H and O–H groups in total. The van der Waals surface area contributed by atoms with Crippen molar-refractivity contribution in [3.63, 3.8) is 0 Å². The van der Waals surface area contributed by atoms with Crippen molar-refractivity contribution >= 4 is 11.8 Å². The lowest BCUT2D eigenvalue weighted by molar-refractivity contribution is -0.149. The van der Waals surface area contributed by atoms with Crippen LogP contribution < -0.4 is 5.32 Å². The molecule has 0 aromatic rings. The van der Waals surface area contributed by atoms with Crippen molar-refractivity contribution in [1.82, 2.24) is 15.1 Å². The Balaban J connectivity index is 1.50. The number of nitrogens with zero attached hydrogens (tertiary/aromatic N) is 2. The molecule has 3 rings (SSSR count). The Morgan fingerprint density at radius 3 is 2.29 bits per heavy atom. The average molecular weight is 337 g/mol. The Bertz CT molecular complexity index is 468. The monoisotopic (exact) mass is 337 g/mol. The fraction of sp³-hybridized carbons (Fsp3) is 0.889. The van der Waals surface area contributed by atoms with E-state index in [2.05, 4.69) is 10.2 Å². The highest BCUT2D eigenvalue weighted by Gasteiger charge is 2.48. The number of nitrogens with one attached hydrogen (secondary N) is 1. The number of rotatable bonds is 4. The maximum absolute atomic E-state index is 12.8. The van der Waals surface area contributed by atoms with Gasteiger partial charge in [-0.15, -0.1) is 0 Å². The van der Waals surface area contributed by atoms with Crippen LogP contribution in [0.3, 0.4) is 0 Å². The predicted molar refractivity (Wildman–Crippen MR) is 91.3 cm³/mol. The molecule has 2 unspecified atom stereocenters. The minimum Gasteiger partial charge on any atom is -0.393 e. The normalized spacial score (nSPS) is 32.0. The van der Waals surface area contributed by atoms with Crippen LogP contribution in [0, 0.1) is 11.8 Å². The minimum absolute atomic E-state index is 0.106. The summed E-state index contributed by atoms with van der Waals surface area (Å²) in [5.74, 6) is -0.762. The molecule has 2 saturated heterocycles. The SMILES string of the molecule is CC(C(=O)N1CCN(C2CCCCC2)CC1)[C@H]1NC(=O)[C@@H]1C(C)O. The van der Waals surface area contributed by atoms with Crippen molar-refractivity contribution in [2.75, 3.05) is 26.2 Å². The van der Waals surface area contributed by atoms with E-state index in [1.54, 1.807) is 6.92 Å². The molecule has 2 amide bonds. The quantitative estimate of drug-likeness (QED) is 0.737. The van der Waals surface area contributed by atoms with Crippen molar-refractivity contribution in [3.05, 3.63) is 0 Å². The highest BCUT2D eigenvalue weighted by molar-refractivity contribution is 5.90. The van der Waals surface area contributed by atoms with Gasteiger partial charge in [-0.3, -0.25) is 14.5 Å². The van der Waals surface area contributed by atoms with Crippen LogP contribution in [0.25, 0.3) is 0 Å². The molecule has 24 heavy (non-hydrogen) atoms. The van der Waals surface area contributed by atoms with Crippen LogP contribution in [0.5, 0.6) is 0 Å². The topological polar surface area (TPSA) is 72.9 Å². The van der Waals surface area contributed by atoms with E-state index >= 15 is 0 Å². The number of carbonyl (C=O) groups excluding carboxylic acids is 2. The van der Waals surface area contributed by atoms with Gasteiger partial charge in [0.05, 0.1) is 24.0 Å². The second kappa shape index (κ2) is 7.40. The molecule has 0 radical (unpaired) electrons. The average Bonchev–Trinajstić information content (AvgIpc) is 2.58. The van der Waals surface area contributed by atoms with E-state index in [0.29, 0.717) is 6.04 Å². The fourth-order valence-corrected chi connectivity index (χ4v) is 4.57. The second-order valence-corrected chi connectivity index (χ2v) is 7.74. The lowest BCUT2D eigenvalue weighted by atomic mass is 9.78. The Morgan fingerprint density at radius 1 is 1.12 bits per heavy atom. The van der Waals surface area contributed by atoms with Gasteiger partial charge >= 0.3 is 0 Å². The summed E-state index contributed by atoms with van der Waals surface area (Å²) >= 11 is 0. The summed E-state index contributed by atoms with van der Waals surface area (Å²) in [6, 6.07) is 0.473. The van der Waals surface area contributed by atoms with Crippen LogP contribution >= 0.6 is 0 Å². The first-order valence-corrected chi connectivity index (χ1v) is 9.50. The van der Waals surface area contributed by atoms with Crippen LogP contribution in [0.1, 0.15) is 46.0 Å². The predicted octanol–water partition coefficient (Wildman–Crippen LogP) is 0.595. The van der Waals surface area contributed by atoms with E-state index in [0.717, 1.165) is 26.2 Å². The number of piperazine rings is 1. The van der Waals surface area contributed by atoms with Crippen molar-refractivity contribution < 1.29 is 14.7 Å². The molecule has 136 valence electrons. The fourth-order valence-electron chi connectivity index (χ4n) is 4.57. The van der Waals surface area contributed by atoms with Gasteiger partial charge in [0.1, 0.15) is 0 Å². The number of hydrogen-bond acceptors (Lipinski definition) is 4. The standard InChI is InChI=1S/C18H31N3O3/c1-12(16-15(13(2)22)17(23)19-16)18(24)21-10-8-20(9-11-21)14-6-4-3-5-7-14/h12-16,22H,3-11H2,1-2H3,(H,19,23)/t12?,13?,15-,16-/m1/s1. The molecular formula is C18H31N3O3. The molecule has 1 saturated carbocycles. The lowest BCUT2D eigenvalue weighted by Crippen LogP contribution is -2.66. The zero-order chi connectivity index (χ0) is 17.3. The van der Waals surface area contributed by atoms with Crippen molar-refractivity contribution in [2.24, 2.45) is 11.8 Å². The zero-order valence-corrected chi connectivity index (χ0v) is 14.9. The Morgan fingerprint density at radius 2 is 1.75 bits per heavy atom.